The first kappa shape index (κ1) is 12.2. The van der Waals surface area contributed by atoms with Crippen molar-refractivity contribution >= 4 is 0 Å². The predicted octanol–water partition coefficient (Wildman–Crippen LogP) is 3.80. The van der Waals surface area contributed by atoms with Gasteiger partial charge in [-0.25, -0.2) is 0 Å². The average molecular weight is 243 g/mol. The Kier molecular flexibility index (Phi) is 3.19. The zero-order chi connectivity index (χ0) is 12.6. The van der Waals surface area contributed by atoms with Crippen LogP contribution < -0.4 is 5.32 Å². The maximum Gasteiger partial charge on any atom is 0.0106 e. The second kappa shape index (κ2) is 4.70. The molecule has 18 heavy (non-hydrogen) atoms. The van der Waals surface area contributed by atoms with Crippen molar-refractivity contribution < 1.29 is 0 Å². The van der Waals surface area contributed by atoms with Crippen LogP contribution in [0.25, 0.3) is 0 Å². The molecule has 1 N–H and O–H groups in total. The lowest BCUT2D eigenvalue weighted by molar-refractivity contribution is 0.315. The molecule has 0 spiro atoms. The largest absolute Gasteiger partial charge is 0.313 e. The molecule has 0 heterocycles. The smallest absolute Gasteiger partial charge is 0.0106 e. The second-order valence-corrected chi connectivity index (χ2v) is 6.42. The first-order valence-electron chi connectivity index (χ1n) is 7.52. The molecule has 1 aromatic rings. The maximum atomic E-state index is 3.80. The Balaban J connectivity index is 1.90. The Morgan fingerprint density at radius 2 is 2.00 bits per heavy atom. The lowest BCUT2D eigenvalue weighted by atomic mass is 9.71. The van der Waals surface area contributed by atoms with Gasteiger partial charge in [-0.2, -0.15) is 0 Å². The minimum absolute atomic E-state index is 0.397. The van der Waals surface area contributed by atoms with Crippen molar-refractivity contribution in [3.8, 4) is 0 Å². The highest BCUT2D eigenvalue weighted by Gasteiger charge is 2.43. The average Bonchev–Trinajstić information content (AvgIpc) is 3.12. The quantitative estimate of drug-likeness (QED) is 0.848. The van der Waals surface area contributed by atoms with E-state index < -0.39 is 0 Å². The van der Waals surface area contributed by atoms with Crippen molar-refractivity contribution in [3.63, 3.8) is 0 Å². The maximum absolute atomic E-state index is 3.80. The summed E-state index contributed by atoms with van der Waals surface area (Å²) in [6.07, 6.45) is 6.91. The Morgan fingerprint density at radius 3 is 2.61 bits per heavy atom. The van der Waals surface area contributed by atoms with Gasteiger partial charge in [0.2, 0.25) is 0 Å². The third-order valence-electron chi connectivity index (χ3n) is 5.17. The molecule has 2 atom stereocenters. The van der Waals surface area contributed by atoms with Gasteiger partial charge < -0.3 is 5.32 Å². The molecule has 2 aliphatic carbocycles. The minimum Gasteiger partial charge on any atom is -0.313 e. The summed E-state index contributed by atoms with van der Waals surface area (Å²) in [7, 11) is 0. The third-order valence-corrected chi connectivity index (χ3v) is 5.17. The molecule has 0 bridgehead atoms. The van der Waals surface area contributed by atoms with Gasteiger partial charge in [-0.1, -0.05) is 37.6 Å². The van der Waals surface area contributed by atoms with Gasteiger partial charge in [-0.15, -0.1) is 0 Å². The van der Waals surface area contributed by atoms with Crippen molar-refractivity contribution in [1.82, 2.24) is 5.32 Å². The summed E-state index contributed by atoms with van der Waals surface area (Å²) in [5.41, 5.74) is 3.47. The lowest BCUT2D eigenvalue weighted by Gasteiger charge is -2.36. The normalized spacial score (nSPS) is 31.8. The van der Waals surface area contributed by atoms with Crippen molar-refractivity contribution in [2.45, 2.75) is 57.4 Å². The van der Waals surface area contributed by atoms with Crippen LogP contribution in [-0.2, 0) is 5.41 Å². The minimum atomic E-state index is 0.397. The van der Waals surface area contributed by atoms with Gasteiger partial charge >= 0.3 is 0 Å². The molecule has 0 amide bonds. The molecule has 0 saturated heterocycles. The van der Waals surface area contributed by atoms with Crippen molar-refractivity contribution in [1.29, 1.82) is 0 Å². The van der Waals surface area contributed by atoms with E-state index in [4.69, 9.17) is 0 Å². The SMILES string of the molecule is Cc1ccccc1C1(CNC2CC2)CCCC1C. The van der Waals surface area contributed by atoms with E-state index in [2.05, 4.69) is 43.4 Å². The highest BCUT2D eigenvalue weighted by molar-refractivity contribution is 5.35. The summed E-state index contributed by atoms with van der Waals surface area (Å²) in [6, 6.07) is 9.84. The van der Waals surface area contributed by atoms with Crippen LogP contribution in [0.1, 0.15) is 50.2 Å². The van der Waals surface area contributed by atoms with E-state index in [-0.39, 0.29) is 0 Å². The van der Waals surface area contributed by atoms with Crippen molar-refractivity contribution in [2.24, 2.45) is 5.92 Å². The van der Waals surface area contributed by atoms with Gasteiger partial charge in [-0.05, 0) is 49.7 Å². The predicted molar refractivity (Wildman–Crippen MR) is 76.9 cm³/mol. The standard InChI is InChI=1S/C17H25N/c1-13-6-3-4-8-16(13)17(11-5-7-14(17)2)12-18-15-9-10-15/h3-4,6,8,14-15,18H,5,7,9-12H2,1-2H3. The first-order valence-corrected chi connectivity index (χ1v) is 7.52. The van der Waals surface area contributed by atoms with Gasteiger partial charge in [0.25, 0.3) is 0 Å². The van der Waals surface area contributed by atoms with Crippen LogP contribution in [0, 0.1) is 12.8 Å². The Bertz CT molecular complexity index is 421. The van der Waals surface area contributed by atoms with E-state index in [1.165, 1.54) is 44.2 Å². The monoisotopic (exact) mass is 243 g/mol. The highest BCUT2D eigenvalue weighted by atomic mass is 15.0. The molecule has 0 radical (unpaired) electrons. The fraction of sp³-hybridized carbons (Fsp3) is 0.647. The molecular formula is C17H25N. The van der Waals surface area contributed by atoms with Crippen LogP contribution in [0.15, 0.2) is 24.3 Å². The number of nitrogens with one attached hydrogen (secondary N) is 1. The molecule has 1 heteroatoms. The van der Waals surface area contributed by atoms with E-state index in [0.29, 0.717) is 5.41 Å². The number of hydrogen-bond acceptors (Lipinski definition) is 1. The zero-order valence-corrected chi connectivity index (χ0v) is 11.7. The van der Waals surface area contributed by atoms with E-state index >= 15 is 0 Å². The summed E-state index contributed by atoms with van der Waals surface area (Å²) in [6.45, 7) is 5.91. The van der Waals surface area contributed by atoms with Crippen LogP contribution in [0.4, 0.5) is 0 Å². The molecule has 1 aromatic carbocycles. The molecule has 2 aliphatic rings. The third kappa shape index (κ3) is 2.09. The van der Waals surface area contributed by atoms with Crippen LogP contribution >= 0.6 is 0 Å². The van der Waals surface area contributed by atoms with Crippen molar-refractivity contribution in [2.75, 3.05) is 6.54 Å². The van der Waals surface area contributed by atoms with Gasteiger partial charge in [0.15, 0.2) is 0 Å². The van der Waals surface area contributed by atoms with Crippen molar-refractivity contribution in [3.05, 3.63) is 35.4 Å². The summed E-state index contributed by atoms with van der Waals surface area (Å²) in [5.74, 6) is 0.810. The van der Waals surface area contributed by atoms with Crippen LogP contribution in [-0.4, -0.2) is 12.6 Å². The van der Waals surface area contributed by atoms with Gasteiger partial charge in [-0.3, -0.25) is 0 Å². The molecule has 98 valence electrons. The second-order valence-electron chi connectivity index (χ2n) is 6.42. The molecule has 2 fully saturated rings. The van der Waals surface area contributed by atoms with E-state index in [1.54, 1.807) is 5.56 Å². The number of benzene rings is 1. The lowest BCUT2D eigenvalue weighted by Crippen LogP contribution is -2.41. The van der Waals surface area contributed by atoms with E-state index in [0.717, 1.165) is 12.0 Å². The molecule has 3 rings (SSSR count). The number of aryl methyl sites for hydroxylation is 1. The Labute approximate surface area is 111 Å². The topological polar surface area (TPSA) is 12.0 Å². The highest BCUT2D eigenvalue weighted by Crippen LogP contribution is 2.46. The fourth-order valence-corrected chi connectivity index (χ4v) is 3.75. The number of hydrogen-bond donors (Lipinski definition) is 1. The van der Waals surface area contributed by atoms with Gasteiger partial charge in [0.1, 0.15) is 0 Å². The van der Waals surface area contributed by atoms with Gasteiger partial charge in [0, 0.05) is 18.0 Å². The number of rotatable bonds is 4. The van der Waals surface area contributed by atoms with E-state index in [1.807, 2.05) is 0 Å². The van der Waals surface area contributed by atoms with Gasteiger partial charge in [0.05, 0.1) is 0 Å². The molecule has 2 unspecified atom stereocenters. The van der Waals surface area contributed by atoms with Crippen LogP contribution in [0.3, 0.4) is 0 Å². The first-order chi connectivity index (χ1) is 8.72. The molecule has 0 aromatic heterocycles. The molecular weight excluding hydrogens is 218 g/mol. The molecule has 1 nitrogen and oxygen atoms in total. The van der Waals surface area contributed by atoms with Crippen LogP contribution in [0.2, 0.25) is 0 Å². The summed E-state index contributed by atoms with van der Waals surface area (Å²) in [4.78, 5) is 0. The summed E-state index contributed by atoms with van der Waals surface area (Å²) in [5, 5.41) is 3.80. The molecule has 2 saturated carbocycles. The zero-order valence-electron chi connectivity index (χ0n) is 11.7. The van der Waals surface area contributed by atoms with Crippen LogP contribution in [0.5, 0.6) is 0 Å². The summed E-state index contributed by atoms with van der Waals surface area (Å²) < 4.78 is 0. The molecule has 0 aliphatic heterocycles. The summed E-state index contributed by atoms with van der Waals surface area (Å²) >= 11 is 0. The fourth-order valence-electron chi connectivity index (χ4n) is 3.75. The Hall–Kier alpha value is -0.820. The van der Waals surface area contributed by atoms with E-state index in [9.17, 15) is 0 Å². The Morgan fingerprint density at radius 1 is 1.22 bits per heavy atom.